The van der Waals surface area contributed by atoms with Crippen LogP contribution in [0.2, 0.25) is 0 Å². The molecular formula is C23H20N4O2. The number of aromatic nitrogens is 2. The Kier molecular flexibility index (Phi) is 6.23. The summed E-state index contributed by atoms with van der Waals surface area (Å²) in [5.74, 6) is 0.274. The van der Waals surface area contributed by atoms with Crippen molar-refractivity contribution in [3.05, 3.63) is 84.6 Å². The molecule has 0 saturated heterocycles. The van der Waals surface area contributed by atoms with Gasteiger partial charge in [0, 0.05) is 24.4 Å². The number of ether oxygens (including phenoxy) is 1. The number of hydrogen-bond acceptors (Lipinski definition) is 4. The highest BCUT2D eigenvalue weighted by Gasteiger charge is 2.14. The summed E-state index contributed by atoms with van der Waals surface area (Å²) in [6.07, 6.45) is 5.02. The molecule has 0 unspecified atom stereocenters. The van der Waals surface area contributed by atoms with Crippen LogP contribution in [0.1, 0.15) is 5.56 Å². The molecule has 1 amide bonds. The maximum absolute atomic E-state index is 12.0. The van der Waals surface area contributed by atoms with Crippen LogP contribution in [0.25, 0.3) is 23.0 Å². The van der Waals surface area contributed by atoms with Crippen molar-refractivity contribution < 1.29 is 9.53 Å². The molecule has 0 aliphatic carbocycles. The van der Waals surface area contributed by atoms with Crippen molar-refractivity contribution in [1.29, 1.82) is 5.26 Å². The van der Waals surface area contributed by atoms with E-state index in [1.165, 1.54) is 7.05 Å². The fourth-order valence-electron chi connectivity index (χ4n) is 2.73. The standard InChI is InChI=1S/C23H20N4O2/c1-3-13-29-21-11-9-17(10-12-21)22-19(14-18(15-24)23(28)25-2)16-27(26-22)20-7-5-4-6-8-20/h3-12,14,16H,1,13H2,2H3,(H,25,28)/b18-14+. The molecule has 3 rings (SSSR count). The van der Waals surface area contributed by atoms with Gasteiger partial charge in [-0.2, -0.15) is 10.4 Å². The van der Waals surface area contributed by atoms with Crippen molar-refractivity contribution in [3.8, 4) is 28.8 Å². The average Bonchev–Trinajstić information content (AvgIpc) is 3.20. The molecule has 0 bridgehead atoms. The van der Waals surface area contributed by atoms with E-state index in [9.17, 15) is 10.1 Å². The Hall–Kier alpha value is -4.11. The second kappa shape index (κ2) is 9.20. The highest BCUT2D eigenvalue weighted by atomic mass is 16.5. The molecule has 1 N–H and O–H groups in total. The van der Waals surface area contributed by atoms with Crippen LogP contribution in [0.4, 0.5) is 0 Å². The van der Waals surface area contributed by atoms with Gasteiger partial charge in [-0.3, -0.25) is 4.79 Å². The lowest BCUT2D eigenvalue weighted by Gasteiger charge is -2.05. The number of para-hydroxylation sites is 1. The van der Waals surface area contributed by atoms with E-state index in [-0.39, 0.29) is 5.57 Å². The molecule has 6 heteroatoms. The van der Waals surface area contributed by atoms with E-state index in [0.29, 0.717) is 17.9 Å². The number of carbonyl (C=O) groups is 1. The second-order valence-electron chi connectivity index (χ2n) is 6.09. The van der Waals surface area contributed by atoms with Crippen LogP contribution in [0.15, 0.2) is 79.0 Å². The zero-order chi connectivity index (χ0) is 20.6. The Morgan fingerprint density at radius 2 is 1.97 bits per heavy atom. The summed E-state index contributed by atoms with van der Waals surface area (Å²) >= 11 is 0. The number of nitrogens with zero attached hydrogens (tertiary/aromatic N) is 3. The molecule has 0 saturated carbocycles. The van der Waals surface area contributed by atoms with Gasteiger partial charge in [0.25, 0.3) is 5.91 Å². The minimum Gasteiger partial charge on any atom is -0.490 e. The Morgan fingerprint density at radius 3 is 2.59 bits per heavy atom. The van der Waals surface area contributed by atoms with Crippen molar-refractivity contribution >= 4 is 12.0 Å². The monoisotopic (exact) mass is 384 g/mol. The van der Waals surface area contributed by atoms with Crippen LogP contribution in [0.5, 0.6) is 5.75 Å². The smallest absolute Gasteiger partial charge is 0.261 e. The zero-order valence-corrected chi connectivity index (χ0v) is 16.0. The lowest BCUT2D eigenvalue weighted by molar-refractivity contribution is -0.116. The van der Waals surface area contributed by atoms with Gasteiger partial charge in [0.2, 0.25) is 0 Å². The first kappa shape index (κ1) is 19.6. The lowest BCUT2D eigenvalue weighted by atomic mass is 10.1. The van der Waals surface area contributed by atoms with E-state index >= 15 is 0 Å². The second-order valence-corrected chi connectivity index (χ2v) is 6.09. The normalized spacial score (nSPS) is 10.8. The van der Waals surface area contributed by atoms with Crippen LogP contribution >= 0.6 is 0 Å². The van der Waals surface area contributed by atoms with Gasteiger partial charge in [-0.05, 0) is 42.5 Å². The number of nitriles is 1. The third-order valence-corrected chi connectivity index (χ3v) is 4.15. The van der Waals surface area contributed by atoms with Gasteiger partial charge >= 0.3 is 0 Å². The third-order valence-electron chi connectivity index (χ3n) is 4.15. The number of hydrogen-bond donors (Lipinski definition) is 1. The molecular weight excluding hydrogens is 364 g/mol. The molecule has 0 aliphatic heterocycles. The molecule has 6 nitrogen and oxygen atoms in total. The minimum absolute atomic E-state index is 0.00676. The molecule has 0 fully saturated rings. The molecule has 2 aromatic carbocycles. The predicted molar refractivity (Wildman–Crippen MR) is 112 cm³/mol. The molecule has 1 aromatic heterocycles. The van der Waals surface area contributed by atoms with Gasteiger partial charge in [-0.15, -0.1) is 0 Å². The number of rotatable bonds is 7. The Morgan fingerprint density at radius 1 is 1.24 bits per heavy atom. The topological polar surface area (TPSA) is 79.9 Å². The molecule has 0 atom stereocenters. The van der Waals surface area contributed by atoms with Gasteiger partial charge in [0.15, 0.2) is 0 Å². The first-order chi connectivity index (χ1) is 14.2. The van der Waals surface area contributed by atoms with Gasteiger partial charge < -0.3 is 10.1 Å². The molecule has 1 heterocycles. The van der Waals surface area contributed by atoms with Crippen molar-refractivity contribution in [2.24, 2.45) is 0 Å². The van der Waals surface area contributed by atoms with E-state index in [4.69, 9.17) is 4.74 Å². The van der Waals surface area contributed by atoms with Crippen LogP contribution in [-0.4, -0.2) is 29.3 Å². The summed E-state index contributed by atoms with van der Waals surface area (Å²) < 4.78 is 7.25. The number of benzene rings is 2. The summed E-state index contributed by atoms with van der Waals surface area (Å²) in [5, 5.41) is 16.5. The van der Waals surface area contributed by atoms with Crippen LogP contribution in [-0.2, 0) is 4.79 Å². The van der Waals surface area contributed by atoms with Gasteiger partial charge in [-0.1, -0.05) is 30.9 Å². The summed E-state index contributed by atoms with van der Waals surface area (Å²) in [4.78, 5) is 12.0. The van der Waals surface area contributed by atoms with E-state index in [1.807, 2.05) is 60.7 Å². The number of amides is 1. The fraction of sp³-hybridized carbons (Fsp3) is 0.0870. The summed E-state index contributed by atoms with van der Waals surface area (Å²) in [5.41, 5.74) is 3.03. The number of carbonyl (C=O) groups excluding carboxylic acids is 1. The number of nitrogens with one attached hydrogen (secondary N) is 1. The molecule has 0 radical (unpaired) electrons. The molecule has 29 heavy (non-hydrogen) atoms. The Balaban J connectivity index is 2.08. The molecule has 144 valence electrons. The largest absolute Gasteiger partial charge is 0.490 e. The van der Waals surface area contributed by atoms with Crippen molar-refractivity contribution in [1.82, 2.24) is 15.1 Å². The Bertz CT molecular complexity index is 1070. The highest BCUT2D eigenvalue weighted by molar-refractivity contribution is 6.02. The van der Waals surface area contributed by atoms with E-state index in [2.05, 4.69) is 17.0 Å². The van der Waals surface area contributed by atoms with Crippen LogP contribution in [0.3, 0.4) is 0 Å². The van der Waals surface area contributed by atoms with Crippen molar-refractivity contribution in [2.75, 3.05) is 13.7 Å². The van der Waals surface area contributed by atoms with Crippen molar-refractivity contribution in [2.45, 2.75) is 0 Å². The zero-order valence-electron chi connectivity index (χ0n) is 16.0. The minimum atomic E-state index is -0.445. The predicted octanol–water partition coefficient (Wildman–Crippen LogP) is 3.76. The molecule has 3 aromatic rings. The van der Waals surface area contributed by atoms with Crippen molar-refractivity contribution in [3.63, 3.8) is 0 Å². The van der Waals surface area contributed by atoms with Crippen LogP contribution in [0, 0.1) is 11.3 Å². The fourth-order valence-corrected chi connectivity index (χ4v) is 2.73. The van der Waals surface area contributed by atoms with E-state index in [0.717, 1.165) is 17.0 Å². The maximum Gasteiger partial charge on any atom is 0.261 e. The first-order valence-corrected chi connectivity index (χ1v) is 8.99. The number of likely N-dealkylation sites (N-methyl/N-ethyl adjacent to an activating group) is 1. The van der Waals surface area contributed by atoms with Gasteiger partial charge in [0.1, 0.15) is 24.0 Å². The lowest BCUT2D eigenvalue weighted by Crippen LogP contribution is -2.19. The Labute approximate surface area is 169 Å². The third kappa shape index (κ3) is 4.60. The average molecular weight is 384 g/mol. The molecule has 0 spiro atoms. The maximum atomic E-state index is 12.0. The highest BCUT2D eigenvalue weighted by Crippen LogP contribution is 2.27. The van der Waals surface area contributed by atoms with E-state index in [1.54, 1.807) is 23.0 Å². The van der Waals surface area contributed by atoms with Gasteiger partial charge in [0.05, 0.1) is 11.4 Å². The summed E-state index contributed by atoms with van der Waals surface area (Å²) in [6.45, 7) is 4.06. The van der Waals surface area contributed by atoms with Gasteiger partial charge in [-0.25, -0.2) is 4.68 Å². The first-order valence-electron chi connectivity index (χ1n) is 8.99. The molecule has 0 aliphatic rings. The quantitative estimate of drug-likeness (QED) is 0.382. The summed E-state index contributed by atoms with van der Waals surface area (Å²) in [7, 11) is 1.49. The van der Waals surface area contributed by atoms with Crippen LogP contribution < -0.4 is 10.1 Å². The van der Waals surface area contributed by atoms with E-state index < -0.39 is 5.91 Å². The SMILES string of the molecule is C=CCOc1ccc(-c2nn(-c3ccccc3)cc2/C=C(\C#N)C(=O)NC)cc1. The summed E-state index contributed by atoms with van der Waals surface area (Å²) in [6, 6.07) is 19.0.